The van der Waals surface area contributed by atoms with Crippen LogP contribution in [0.1, 0.15) is 24.8 Å². The number of hydrogen-bond acceptors (Lipinski definition) is 2. The van der Waals surface area contributed by atoms with Crippen molar-refractivity contribution in [2.75, 3.05) is 13.1 Å². The van der Waals surface area contributed by atoms with Crippen LogP contribution in [0.15, 0.2) is 30.5 Å². The van der Waals surface area contributed by atoms with Gasteiger partial charge in [-0.3, -0.25) is 0 Å². The van der Waals surface area contributed by atoms with Gasteiger partial charge in [-0.25, -0.2) is 0 Å². The van der Waals surface area contributed by atoms with Gasteiger partial charge in [-0.15, -0.1) is 0 Å². The molecule has 96 valence electrons. The molecule has 3 nitrogen and oxygen atoms in total. The standard InChI is InChI=1S/C15H21N3/c1-10-6-14(13(8-16)9-18-10)11-2-3-15-12(7-11)4-5-17-15/h2-5,7,10,13-14,17-18H,6,8-9,16H2,1H3. The van der Waals surface area contributed by atoms with Crippen molar-refractivity contribution < 1.29 is 0 Å². The number of hydrogen-bond donors (Lipinski definition) is 3. The van der Waals surface area contributed by atoms with Gasteiger partial charge in [0.1, 0.15) is 0 Å². The van der Waals surface area contributed by atoms with Crippen LogP contribution >= 0.6 is 0 Å². The Labute approximate surface area is 108 Å². The first-order valence-corrected chi connectivity index (χ1v) is 6.78. The molecule has 4 N–H and O–H groups in total. The van der Waals surface area contributed by atoms with Crippen molar-refractivity contribution in [1.82, 2.24) is 10.3 Å². The number of aromatic amines is 1. The first kappa shape index (κ1) is 11.8. The zero-order chi connectivity index (χ0) is 12.5. The molecule has 2 aromatic rings. The van der Waals surface area contributed by atoms with Crippen LogP contribution in [0.3, 0.4) is 0 Å². The zero-order valence-corrected chi connectivity index (χ0v) is 10.8. The van der Waals surface area contributed by atoms with Gasteiger partial charge in [0.2, 0.25) is 0 Å². The van der Waals surface area contributed by atoms with Gasteiger partial charge < -0.3 is 16.0 Å². The van der Waals surface area contributed by atoms with Crippen molar-refractivity contribution in [1.29, 1.82) is 0 Å². The second kappa shape index (κ2) is 4.75. The van der Waals surface area contributed by atoms with Gasteiger partial charge in [0, 0.05) is 17.8 Å². The number of aromatic nitrogens is 1. The van der Waals surface area contributed by atoms with E-state index in [1.807, 2.05) is 6.20 Å². The van der Waals surface area contributed by atoms with Gasteiger partial charge in [0.25, 0.3) is 0 Å². The summed E-state index contributed by atoms with van der Waals surface area (Å²) >= 11 is 0. The van der Waals surface area contributed by atoms with Gasteiger partial charge in [-0.1, -0.05) is 6.07 Å². The molecule has 1 aliphatic rings. The van der Waals surface area contributed by atoms with E-state index in [-0.39, 0.29) is 0 Å². The highest BCUT2D eigenvalue weighted by atomic mass is 14.9. The molecule has 3 atom stereocenters. The maximum Gasteiger partial charge on any atom is 0.0454 e. The lowest BCUT2D eigenvalue weighted by molar-refractivity contribution is 0.285. The Kier molecular flexibility index (Phi) is 3.10. The van der Waals surface area contributed by atoms with Gasteiger partial charge in [0.05, 0.1) is 0 Å². The lowest BCUT2D eigenvalue weighted by atomic mass is 9.78. The minimum atomic E-state index is 0.553. The third-order valence-corrected chi connectivity index (χ3v) is 4.21. The van der Waals surface area contributed by atoms with Gasteiger partial charge in [-0.2, -0.15) is 0 Å². The van der Waals surface area contributed by atoms with Gasteiger partial charge in [-0.05, 0) is 67.4 Å². The molecule has 1 aromatic heterocycles. The highest BCUT2D eigenvalue weighted by Gasteiger charge is 2.28. The highest BCUT2D eigenvalue weighted by Crippen LogP contribution is 2.33. The predicted molar refractivity (Wildman–Crippen MR) is 75.7 cm³/mol. The van der Waals surface area contributed by atoms with Crippen molar-refractivity contribution in [3.63, 3.8) is 0 Å². The molecular weight excluding hydrogens is 222 g/mol. The summed E-state index contributed by atoms with van der Waals surface area (Å²) in [7, 11) is 0. The zero-order valence-electron chi connectivity index (χ0n) is 10.8. The molecule has 0 bridgehead atoms. The normalized spacial score (nSPS) is 28.7. The third-order valence-electron chi connectivity index (χ3n) is 4.21. The Morgan fingerprint density at radius 2 is 2.22 bits per heavy atom. The smallest absolute Gasteiger partial charge is 0.0454 e. The van der Waals surface area contributed by atoms with E-state index in [1.165, 1.54) is 22.9 Å². The van der Waals surface area contributed by atoms with Gasteiger partial charge in [0.15, 0.2) is 0 Å². The third kappa shape index (κ3) is 2.04. The van der Waals surface area contributed by atoms with Crippen molar-refractivity contribution in [3.05, 3.63) is 36.0 Å². The fraction of sp³-hybridized carbons (Fsp3) is 0.467. The minimum Gasteiger partial charge on any atom is -0.361 e. The molecule has 1 aromatic carbocycles. The fourth-order valence-corrected chi connectivity index (χ4v) is 3.11. The summed E-state index contributed by atoms with van der Waals surface area (Å²) in [5, 5.41) is 4.83. The van der Waals surface area contributed by atoms with Crippen LogP contribution < -0.4 is 11.1 Å². The van der Waals surface area contributed by atoms with Crippen molar-refractivity contribution in [2.24, 2.45) is 11.7 Å². The van der Waals surface area contributed by atoms with Crippen LogP contribution in [0.5, 0.6) is 0 Å². The van der Waals surface area contributed by atoms with E-state index in [1.54, 1.807) is 0 Å². The molecule has 3 heteroatoms. The molecule has 0 saturated carbocycles. The van der Waals surface area contributed by atoms with E-state index >= 15 is 0 Å². The molecule has 18 heavy (non-hydrogen) atoms. The first-order chi connectivity index (χ1) is 8.78. The van der Waals surface area contributed by atoms with E-state index < -0.39 is 0 Å². The number of rotatable bonds is 2. The van der Waals surface area contributed by atoms with Crippen LogP contribution in [0.25, 0.3) is 10.9 Å². The molecule has 1 saturated heterocycles. The lowest BCUT2D eigenvalue weighted by Gasteiger charge is -2.35. The predicted octanol–water partition coefficient (Wildman–Crippen LogP) is 2.21. The number of nitrogens with two attached hydrogens (primary N) is 1. The Morgan fingerprint density at radius 3 is 3.06 bits per heavy atom. The maximum atomic E-state index is 5.92. The largest absolute Gasteiger partial charge is 0.361 e. The molecule has 0 amide bonds. The van der Waals surface area contributed by atoms with Crippen LogP contribution in [0.2, 0.25) is 0 Å². The van der Waals surface area contributed by atoms with E-state index in [0.29, 0.717) is 17.9 Å². The number of piperidine rings is 1. The highest BCUT2D eigenvalue weighted by molar-refractivity contribution is 5.80. The number of fused-ring (bicyclic) bond motifs is 1. The Morgan fingerprint density at radius 1 is 1.33 bits per heavy atom. The molecule has 3 rings (SSSR count). The van der Waals surface area contributed by atoms with Crippen LogP contribution in [-0.4, -0.2) is 24.1 Å². The van der Waals surface area contributed by atoms with E-state index in [2.05, 4.69) is 41.5 Å². The first-order valence-electron chi connectivity index (χ1n) is 6.78. The summed E-state index contributed by atoms with van der Waals surface area (Å²) in [5.41, 5.74) is 8.57. The Balaban J connectivity index is 1.95. The summed E-state index contributed by atoms with van der Waals surface area (Å²) < 4.78 is 0. The molecule has 2 heterocycles. The van der Waals surface area contributed by atoms with Gasteiger partial charge >= 0.3 is 0 Å². The number of nitrogens with one attached hydrogen (secondary N) is 2. The average molecular weight is 243 g/mol. The molecule has 0 radical (unpaired) electrons. The number of H-pyrrole nitrogens is 1. The maximum absolute atomic E-state index is 5.92. The van der Waals surface area contributed by atoms with Crippen molar-refractivity contribution in [3.8, 4) is 0 Å². The minimum absolute atomic E-state index is 0.553. The van der Waals surface area contributed by atoms with Crippen molar-refractivity contribution >= 4 is 10.9 Å². The number of benzene rings is 1. The lowest BCUT2D eigenvalue weighted by Crippen LogP contribution is -2.44. The summed E-state index contributed by atoms with van der Waals surface area (Å²) in [6.45, 7) is 4.05. The molecule has 1 fully saturated rings. The fourth-order valence-electron chi connectivity index (χ4n) is 3.11. The Bertz CT molecular complexity index is 531. The van der Waals surface area contributed by atoms with Crippen LogP contribution in [-0.2, 0) is 0 Å². The summed E-state index contributed by atoms with van der Waals surface area (Å²) in [6, 6.07) is 9.48. The Hall–Kier alpha value is -1.32. The topological polar surface area (TPSA) is 53.8 Å². The average Bonchev–Trinajstić information content (AvgIpc) is 2.85. The molecule has 0 spiro atoms. The van der Waals surface area contributed by atoms with Crippen molar-refractivity contribution in [2.45, 2.75) is 25.3 Å². The summed E-state index contributed by atoms with van der Waals surface area (Å²) in [5.74, 6) is 1.14. The quantitative estimate of drug-likeness (QED) is 0.757. The van der Waals surface area contributed by atoms with E-state index in [4.69, 9.17) is 5.73 Å². The summed E-state index contributed by atoms with van der Waals surface area (Å²) in [4.78, 5) is 3.25. The second-order valence-electron chi connectivity index (χ2n) is 5.47. The molecule has 3 unspecified atom stereocenters. The SMILES string of the molecule is CC1CC(c2ccc3[nH]ccc3c2)C(CN)CN1. The monoisotopic (exact) mass is 243 g/mol. The molecule has 1 aliphatic heterocycles. The molecular formula is C15H21N3. The van der Waals surface area contributed by atoms with E-state index in [0.717, 1.165) is 13.1 Å². The van der Waals surface area contributed by atoms with Crippen LogP contribution in [0.4, 0.5) is 0 Å². The van der Waals surface area contributed by atoms with Crippen LogP contribution in [0, 0.1) is 5.92 Å². The molecule has 0 aliphatic carbocycles. The van der Waals surface area contributed by atoms with E-state index in [9.17, 15) is 0 Å². The second-order valence-corrected chi connectivity index (χ2v) is 5.47. The summed E-state index contributed by atoms with van der Waals surface area (Å²) in [6.07, 6.45) is 3.18.